The molecule has 1 aromatic carbocycles. The molecule has 0 bridgehead atoms. The largest absolute Gasteiger partial charge is 0.494 e. The lowest BCUT2D eigenvalue weighted by molar-refractivity contribution is -0.116. The molecule has 0 radical (unpaired) electrons. The van der Waals surface area contributed by atoms with E-state index in [-0.39, 0.29) is 42.3 Å². The molecule has 0 saturated heterocycles. The van der Waals surface area contributed by atoms with E-state index < -0.39 is 0 Å². The van der Waals surface area contributed by atoms with Gasteiger partial charge in [0, 0.05) is 30.4 Å². The van der Waals surface area contributed by atoms with Gasteiger partial charge in [0.25, 0.3) is 0 Å². The summed E-state index contributed by atoms with van der Waals surface area (Å²) < 4.78 is 12.3. The second-order valence-electron chi connectivity index (χ2n) is 8.92. The van der Waals surface area contributed by atoms with Crippen LogP contribution >= 0.6 is 23.1 Å². The van der Waals surface area contributed by atoms with E-state index in [1.807, 2.05) is 13.1 Å². The minimum Gasteiger partial charge on any atom is -0.494 e. The Morgan fingerprint density at radius 3 is 2.67 bits per heavy atom. The zero-order valence-corrected chi connectivity index (χ0v) is 21.1. The number of carbonyl (C=O) groups is 2. The van der Waals surface area contributed by atoms with Gasteiger partial charge in [-0.1, -0.05) is 32.1 Å². The molecule has 1 amide bonds. The topological polar surface area (TPSA) is 89.9 Å². The van der Waals surface area contributed by atoms with Gasteiger partial charge in [-0.15, -0.1) is 11.8 Å². The summed E-state index contributed by atoms with van der Waals surface area (Å²) >= 11 is 3.01. The molecular formula is C24H31N3O4S2. The maximum Gasteiger partial charge on any atom is 0.226 e. The van der Waals surface area contributed by atoms with Crippen molar-refractivity contribution in [3.05, 3.63) is 36.0 Å². The number of hydrogen-bond acceptors (Lipinski definition) is 8. The molecule has 2 aromatic rings. The number of ether oxygens (including phenoxy) is 2. The molecule has 7 nitrogen and oxygen atoms in total. The van der Waals surface area contributed by atoms with Crippen molar-refractivity contribution in [2.24, 2.45) is 10.4 Å². The summed E-state index contributed by atoms with van der Waals surface area (Å²) in [6.45, 7) is 9.05. The average molecular weight is 490 g/mol. The lowest BCUT2D eigenvalue weighted by atomic mass is 9.89. The van der Waals surface area contributed by atoms with Crippen molar-refractivity contribution in [2.75, 3.05) is 17.7 Å². The molecule has 1 aliphatic heterocycles. The molecule has 178 valence electrons. The maximum absolute atomic E-state index is 12.3. The van der Waals surface area contributed by atoms with Crippen LogP contribution in [0, 0.1) is 5.41 Å². The van der Waals surface area contributed by atoms with Gasteiger partial charge < -0.3 is 14.8 Å². The van der Waals surface area contributed by atoms with Crippen LogP contribution in [-0.2, 0) is 9.53 Å². The van der Waals surface area contributed by atoms with E-state index in [0.717, 1.165) is 16.4 Å². The van der Waals surface area contributed by atoms with Crippen LogP contribution in [0.1, 0.15) is 57.3 Å². The molecule has 2 atom stereocenters. The number of aliphatic imine (C=N–C) groups is 1. The number of nitrogens with one attached hydrogen (secondary N) is 1. The second kappa shape index (κ2) is 11.8. The summed E-state index contributed by atoms with van der Waals surface area (Å²) in [4.78, 5) is 33.3. The van der Waals surface area contributed by atoms with E-state index in [4.69, 9.17) is 9.47 Å². The van der Waals surface area contributed by atoms with E-state index in [9.17, 15) is 9.59 Å². The number of hydrogen-bond donors (Lipinski definition) is 1. The Morgan fingerprint density at radius 2 is 1.97 bits per heavy atom. The van der Waals surface area contributed by atoms with Crippen molar-refractivity contribution in [2.45, 2.75) is 63.5 Å². The Bertz CT molecular complexity index is 967. The molecule has 3 rings (SSSR count). The molecule has 1 N–H and O–H groups in total. The first kappa shape index (κ1) is 25.4. The lowest BCUT2D eigenvalue weighted by Gasteiger charge is -2.21. The lowest BCUT2D eigenvalue weighted by Crippen LogP contribution is -2.21. The van der Waals surface area contributed by atoms with Gasteiger partial charge in [0.2, 0.25) is 5.91 Å². The summed E-state index contributed by atoms with van der Waals surface area (Å²) in [6.07, 6.45) is 4.74. The van der Waals surface area contributed by atoms with Crippen LogP contribution in [0.5, 0.6) is 5.75 Å². The molecule has 1 aliphatic rings. The number of aromatic nitrogens is 1. The quantitative estimate of drug-likeness (QED) is 0.333. The van der Waals surface area contributed by atoms with Gasteiger partial charge in [-0.3, -0.25) is 14.6 Å². The van der Waals surface area contributed by atoms with Gasteiger partial charge in [0.1, 0.15) is 5.75 Å². The third-order valence-corrected chi connectivity index (χ3v) is 6.88. The summed E-state index contributed by atoms with van der Waals surface area (Å²) in [6, 6.07) is 6.97. The van der Waals surface area contributed by atoms with E-state index in [2.05, 4.69) is 36.1 Å². The summed E-state index contributed by atoms with van der Waals surface area (Å²) in [5.41, 5.74) is 0.767. The maximum atomic E-state index is 12.3. The fourth-order valence-electron chi connectivity index (χ4n) is 3.24. The average Bonchev–Trinajstić information content (AvgIpc) is 3.39. The number of thioether (sulfide) groups is 1. The molecule has 9 heteroatoms. The molecule has 0 spiro atoms. The number of Topliss-reactive ketones (excluding diaryl/α,β-unsaturated/α-hetero) is 1. The fourth-order valence-corrected chi connectivity index (χ4v) is 5.09. The number of rotatable bonds is 11. The number of ketones is 1. The Hall–Kier alpha value is -2.23. The van der Waals surface area contributed by atoms with Crippen molar-refractivity contribution < 1.29 is 19.1 Å². The van der Waals surface area contributed by atoms with Gasteiger partial charge in [0.15, 0.2) is 17.1 Å². The standard InChI is InChI=1S/C24H31N3O4S2/c1-5-30-17-8-6-16(7-9-17)19(28)10-11-20(29)27-23-26-14-22(33-23)32-15-21-25-13-18(31-21)12-24(2,3)4/h6-9,13-14,18,21H,5,10-12,15H2,1-4H3,(H,26,27,29). The number of benzene rings is 1. The Kier molecular flexibility index (Phi) is 9.05. The van der Waals surface area contributed by atoms with Crippen LogP contribution in [0.15, 0.2) is 39.7 Å². The van der Waals surface area contributed by atoms with E-state index in [1.54, 1.807) is 42.2 Å². The summed E-state index contributed by atoms with van der Waals surface area (Å²) in [7, 11) is 0. The molecule has 2 heterocycles. The Balaban J connectivity index is 1.38. The predicted octanol–water partition coefficient (Wildman–Crippen LogP) is 5.47. The molecule has 0 aliphatic carbocycles. The highest BCUT2D eigenvalue weighted by atomic mass is 32.2. The molecule has 2 unspecified atom stereocenters. The van der Waals surface area contributed by atoms with Crippen molar-refractivity contribution >= 4 is 46.1 Å². The van der Waals surface area contributed by atoms with E-state index in [0.29, 0.717) is 23.1 Å². The van der Waals surface area contributed by atoms with Gasteiger partial charge in [-0.2, -0.15) is 0 Å². The van der Waals surface area contributed by atoms with Gasteiger partial charge in [0.05, 0.1) is 23.1 Å². The van der Waals surface area contributed by atoms with Gasteiger partial charge in [-0.25, -0.2) is 4.98 Å². The second-order valence-corrected chi connectivity index (χ2v) is 11.3. The number of carbonyl (C=O) groups excluding carboxylic acids is 2. The highest BCUT2D eigenvalue weighted by Crippen LogP contribution is 2.31. The molecular weight excluding hydrogens is 458 g/mol. The van der Waals surface area contributed by atoms with Crippen LogP contribution < -0.4 is 10.1 Å². The molecule has 1 aromatic heterocycles. The first-order valence-corrected chi connectivity index (χ1v) is 12.9. The van der Waals surface area contributed by atoms with Crippen LogP contribution in [0.4, 0.5) is 5.13 Å². The third kappa shape index (κ3) is 8.57. The predicted molar refractivity (Wildman–Crippen MR) is 134 cm³/mol. The molecule has 33 heavy (non-hydrogen) atoms. The van der Waals surface area contributed by atoms with Crippen molar-refractivity contribution in [3.8, 4) is 5.75 Å². The first-order chi connectivity index (χ1) is 15.7. The number of thiazole rings is 1. The Morgan fingerprint density at radius 1 is 1.21 bits per heavy atom. The van der Waals surface area contributed by atoms with E-state index in [1.165, 1.54) is 11.3 Å². The summed E-state index contributed by atoms with van der Waals surface area (Å²) in [5.74, 6) is 1.11. The van der Waals surface area contributed by atoms with Crippen molar-refractivity contribution in [3.63, 3.8) is 0 Å². The number of nitrogens with zero attached hydrogens (tertiary/aromatic N) is 2. The monoisotopic (exact) mass is 489 g/mol. The number of amides is 1. The Labute approximate surface area is 203 Å². The normalized spacial score (nSPS) is 17.8. The van der Waals surface area contributed by atoms with Crippen LogP contribution in [0.25, 0.3) is 0 Å². The zero-order valence-electron chi connectivity index (χ0n) is 19.5. The minimum atomic E-state index is -0.228. The zero-order chi connectivity index (χ0) is 23.8. The smallest absolute Gasteiger partial charge is 0.226 e. The van der Waals surface area contributed by atoms with Crippen LogP contribution in [0.3, 0.4) is 0 Å². The third-order valence-electron chi connectivity index (χ3n) is 4.73. The summed E-state index contributed by atoms with van der Waals surface area (Å²) in [5, 5.41) is 3.30. The van der Waals surface area contributed by atoms with Crippen molar-refractivity contribution in [1.82, 2.24) is 4.98 Å². The van der Waals surface area contributed by atoms with Gasteiger partial charge in [-0.05, 0) is 43.0 Å². The minimum absolute atomic E-state index is 0.0669. The highest BCUT2D eigenvalue weighted by molar-refractivity contribution is 8.01. The first-order valence-electron chi connectivity index (χ1n) is 11.0. The van der Waals surface area contributed by atoms with Gasteiger partial charge >= 0.3 is 0 Å². The van der Waals surface area contributed by atoms with Crippen molar-refractivity contribution in [1.29, 1.82) is 0 Å². The SMILES string of the molecule is CCOc1ccc(C(=O)CCC(=O)Nc2ncc(SCC3N=CC(CC(C)(C)C)O3)s2)cc1. The fraction of sp³-hybridized carbons (Fsp3) is 0.500. The van der Waals surface area contributed by atoms with E-state index >= 15 is 0 Å². The van der Waals surface area contributed by atoms with Crippen LogP contribution in [-0.4, -0.2) is 47.6 Å². The molecule has 0 fully saturated rings. The number of anilines is 1. The molecule has 0 saturated carbocycles. The van der Waals surface area contributed by atoms with Crippen LogP contribution in [0.2, 0.25) is 0 Å². The highest BCUT2D eigenvalue weighted by Gasteiger charge is 2.25.